The number of hydrogen-bond donors (Lipinski definition) is 0. The Labute approximate surface area is 145 Å². The highest BCUT2D eigenvalue weighted by molar-refractivity contribution is 7.90. The van der Waals surface area contributed by atoms with Crippen molar-refractivity contribution in [2.24, 2.45) is 0 Å². The van der Waals surface area contributed by atoms with Crippen molar-refractivity contribution >= 4 is 15.9 Å². The Morgan fingerprint density at radius 2 is 1.60 bits per heavy atom. The summed E-state index contributed by atoms with van der Waals surface area (Å²) in [5, 5.41) is 0. The number of carbonyl (C=O) groups excluding carboxylic acids is 1. The molecule has 0 amide bonds. The topological polar surface area (TPSA) is 78.1 Å². The predicted molar refractivity (Wildman–Crippen MR) is 93.4 cm³/mol. The van der Waals surface area contributed by atoms with Gasteiger partial charge < -0.3 is 0 Å². The first-order valence-corrected chi connectivity index (χ1v) is 8.98. The summed E-state index contributed by atoms with van der Waals surface area (Å²) in [5.41, 5.74) is 1.16. The molecule has 7 heteroatoms. The highest BCUT2D eigenvalue weighted by Crippen LogP contribution is 2.13. The van der Waals surface area contributed by atoms with Crippen LogP contribution in [0.3, 0.4) is 0 Å². The molecule has 0 spiro atoms. The molecule has 0 N–H and O–H groups in total. The van der Waals surface area contributed by atoms with Crippen molar-refractivity contribution in [3.05, 3.63) is 88.1 Å². The molecule has 25 heavy (non-hydrogen) atoms. The molecule has 128 valence electrons. The largest absolute Gasteiger partial charge is 0.349 e. The number of aromatic nitrogens is 2. The lowest BCUT2D eigenvalue weighted by atomic mass is 10.1. The maximum absolute atomic E-state index is 12.6. The van der Waals surface area contributed by atoms with E-state index in [9.17, 15) is 18.0 Å². The summed E-state index contributed by atoms with van der Waals surface area (Å²) in [6, 6.07) is 12.9. The fourth-order valence-corrected chi connectivity index (χ4v) is 3.65. The molecule has 0 bridgehead atoms. The zero-order valence-corrected chi connectivity index (χ0v) is 14.5. The predicted octanol–water partition coefficient (Wildman–Crippen LogP) is 2.19. The van der Waals surface area contributed by atoms with Crippen LogP contribution in [-0.2, 0) is 10.0 Å². The van der Waals surface area contributed by atoms with Crippen LogP contribution in [0.2, 0.25) is 0 Å². The van der Waals surface area contributed by atoms with E-state index in [-0.39, 0.29) is 4.90 Å². The molecule has 0 saturated heterocycles. The van der Waals surface area contributed by atoms with E-state index in [0.29, 0.717) is 9.54 Å². The van der Waals surface area contributed by atoms with Gasteiger partial charge in [-0.2, -0.15) is 3.97 Å². The van der Waals surface area contributed by atoms with E-state index >= 15 is 0 Å². The molecule has 0 aliphatic carbocycles. The van der Waals surface area contributed by atoms with Gasteiger partial charge in [-0.05, 0) is 38.1 Å². The van der Waals surface area contributed by atoms with Crippen molar-refractivity contribution in [1.29, 1.82) is 0 Å². The average molecular weight is 356 g/mol. The van der Waals surface area contributed by atoms with Gasteiger partial charge in [-0.1, -0.05) is 35.4 Å². The van der Waals surface area contributed by atoms with E-state index in [4.69, 9.17) is 0 Å². The van der Waals surface area contributed by atoms with Gasteiger partial charge in [0, 0.05) is 18.0 Å². The van der Waals surface area contributed by atoms with Gasteiger partial charge >= 0.3 is 5.69 Å². The number of aryl methyl sites for hydroxylation is 2. The van der Waals surface area contributed by atoms with E-state index in [0.717, 1.165) is 21.9 Å². The van der Waals surface area contributed by atoms with Gasteiger partial charge in [0.2, 0.25) is 0 Å². The Bertz CT molecular complexity index is 1110. The Balaban J connectivity index is 2.06. The van der Waals surface area contributed by atoms with Crippen molar-refractivity contribution in [2.45, 2.75) is 18.7 Å². The molecule has 2 aromatic carbocycles. The SMILES string of the molecule is Cc1ccc(S(=O)(=O)n2ccn(C(=O)c3cccc(C)c3)c2=O)cc1. The summed E-state index contributed by atoms with van der Waals surface area (Å²) in [5.74, 6) is -0.577. The first-order chi connectivity index (χ1) is 11.8. The maximum atomic E-state index is 12.6. The molecule has 3 aromatic rings. The van der Waals surface area contributed by atoms with Gasteiger partial charge in [0.1, 0.15) is 0 Å². The first kappa shape index (κ1) is 16.9. The van der Waals surface area contributed by atoms with Gasteiger partial charge in [0.25, 0.3) is 15.9 Å². The number of rotatable bonds is 3. The van der Waals surface area contributed by atoms with Crippen LogP contribution in [0, 0.1) is 13.8 Å². The zero-order valence-electron chi connectivity index (χ0n) is 13.7. The average Bonchev–Trinajstić information content (AvgIpc) is 2.97. The Hall–Kier alpha value is -2.93. The normalized spacial score (nSPS) is 11.4. The van der Waals surface area contributed by atoms with Crippen LogP contribution in [-0.4, -0.2) is 22.9 Å². The third-order valence-corrected chi connectivity index (χ3v) is 5.47. The van der Waals surface area contributed by atoms with Crippen molar-refractivity contribution in [1.82, 2.24) is 8.54 Å². The van der Waals surface area contributed by atoms with Crippen LogP contribution < -0.4 is 5.69 Å². The molecule has 6 nitrogen and oxygen atoms in total. The molecule has 0 aliphatic heterocycles. The van der Waals surface area contributed by atoms with Crippen LogP contribution >= 0.6 is 0 Å². The van der Waals surface area contributed by atoms with Crippen molar-refractivity contribution in [2.75, 3.05) is 0 Å². The molecule has 0 atom stereocenters. The standard InChI is InChI=1S/C18H16N2O4S/c1-13-6-8-16(9-7-13)25(23,24)20-11-10-19(18(20)22)17(21)15-5-3-4-14(2)12-15/h3-12H,1-2H3. The minimum atomic E-state index is -4.06. The second kappa shape index (κ2) is 6.18. The summed E-state index contributed by atoms with van der Waals surface area (Å²) in [7, 11) is -4.06. The monoisotopic (exact) mass is 356 g/mol. The number of carbonyl (C=O) groups is 1. The molecule has 0 radical (unpaired) electrons. The molecule has 1 heterocycles. The Morgan fingerprint density at radius 1 is 0.920 bits per heavy atom. The first-order valence-electron chi connectivity index (χ1n) is 7.54. The minimum absolute atomic E-state index is 0.0130. The molecule has 0 saturated carbocycles. The summed E-state index contributed by atoms with van der Waals surface area (Å²) >= 11 is 0. The lowest BCUT2D eigenvalue weighted by Gasteiger charge is -2.05. The third kappa shape index (κ3) is 3.06. The summed E-state index contributed by atoms with van der Waals surface area (Å²) in [6.07, 6.45) is 2.25. The molecular weight excluding hydrogens is 340 g/mol. The van der Waals surface area contributed by atoms with Crippen LogP contribution in [0.1, 0.15) is 21.5 Å². The van der Waals surface area contributed by atoms with E-state index in [1.807, 2.05) is 19.9 Å². The smallest absolute Gasteiger partial charge is 0.268 e. The highest BCUT2D eigenvalue weighted by Gasteiger charge is 2.22. The lowest BCUT2D eigenvalue weighted by Crippen LogP contribution is -2.32. The molecule has 0 unspecified atom stereocenters. The van der Waals surface area contributed by atoms with Gasteiger partial charge in [-0.15, -0.1) is 0 Å². The van der Waals surface area contributed by atoms with Crippen molar-refractivity contribution < 1.29 is 13.2 Å². The van der Waals surface area contributed by atoms with Gasteiger partial charge in [-0.25, -0.2) is 17.8 Å². The minimum Gasteiger partial charge on any atom is -0.268 e. The Morgan fingerprint density at radius 3 is 2.24 bits per heavy atom. The summed E-state index contributed by atoms with van der Waals surface area (Å²) in [4.78, 5) is 25.0. The number of nitrogens with zero attached hydrogens (tertiary/aromatic N) is 2. The zero-order chi connectivity index (χ0) is 18.2. The quantitative estimate of drug-likeness (QED) is 0.721. The lowest BCUT2D eigenvalue weighted by molar-refractivity contribution is 0.0956. The van der Waals surface area contributed by atoms with E-state index in [1.54, 1.807) is 30.3 Å². The molecule has 0 aliphatic rings. The van der Waals surface area contributed by atoms with Gasteiger partial charge in [-0.3, -0.25) is 4.79 Å². The van der Waals surface area contributed by atoms with Crippen molar-refractivity contribution in [3.8, 4) is 0 Å². The molecular formula is C18H16N2O4S. The Kier molecular flexibility index (Phi) is 4.18. The van der Waals surface area contributed by atoms with Crippen LogP contribution in [0.15, 0.2) is 70.6 Å². The third-order valence-electron chi connectivity index (χ3n) is 3.81. The second-order valence-electron chi connectivity index (χ2n) is 5.74. The van der Waals surface area contributed by atoms with E-state index < -0.39 is 21.6 Å². The maximum Gasteiger partial charge on any atom is 0.349 e. The number of benzene rings is 2. The van der Waals surface area contributed by atoms with E-state index in [2.05, 4.69) is 0 Å². The summed E-state index contributed by atoms with van der Waals surface area (Å²) in [6.45, 7) is 3.66. The van der Waals surface area contributed by atoms with Crippen LogP contribution in [0.4, 0.5) is 0 Å². The summed E-state index contributed by atoms with van der Waals surface area (Å²) < 4.78 is 26.6. The van der Waals surface area contributed by atoms with Gasteiger partial charge in [0.05, 0.1) is 4.90 Å². The molecule has 0 fully saturated rings. The fraction of sp³-hybridized carbons (Fsp3) is 0.111. The van der Waals surface area contributed by atoms with Gasteiger partial charge in [0.15, 0.2) is 0 Å². The number of hydrogen-bond acceptors (Lipinski definition) is 4. The van der Waals surface area contributed by atoms with Crippen molar-refractivity contribution in [3.63, 3.8) is 0 Å². The number of imidazole rings is 1. The van der Waals surface area contributed by atoms with Crippen LogP contribution in [0.5, 0.6) is 0 Å². The fourth-order valence-electron chi connectivity index (χ4n) is 2.44. The molecule has 3 rings (SSSR count). The van der Waals surface area contributed by atoms with Crippen LogP contribution in [0.25, 0.3) is 0 Å². The second-order valence-corrected chi connectivity index (χ2v) is 7.55. The highest BCUT2D eigenvalue weighted by atomic mass is 32.2. The molecule has 1 aromatic heterocycles. The van der Waals surface area contributed by atoms with E-state index in [1.165, 1.54) is 18.3 Å².